The molecule has 1 N–H and O–H groups in total. The van der Waals surface area contributed by atoms with Crippen LogP contribution < -0.4 is 5.32 Å². The van der Waals surface area contributed by atoms with Crippen LogP contribution >= 0.6 is 11.3 Å². The Bertz CT molecular complexity index is 530. The molecule has 0 radical (unpaired) electrons. The predicted molar refractivity (Wildman–Crippen MR) is 82.2 cm³/mol. The van der Waals surface area contributed by atoms with Crippen molar-refractivity contribution in [3.8, 4) is 0 Å². The lowest BCUT2D eigenvalue weighted by molar-refractivity contribution is 0.0517. The van der Waals surface area contributed by atoms with E-state index in [0.717, 1.165) is 26.1 Å². The van der Waals surface area contributed by atoms with Gasteiger partial charge in [0.25, 0.3) is 0 Å². The Hall–Kier alpha value is -1.47. The second-order valence-corrected chi connectivity index (χ2v) is 6.27. The zero-order chi connectivity index (χ0) is 15.4. The number of thiazole rings is 1. The number of anilines is 1. The Kier molecular flexibility index (Phi) is 5.30. The van der Waals surface area contributed by atoms with E-state index in [9.17, 15) is 9.59 Å². The summed E-state index contributed by atoms with van der Waals surface area (Å²) in [6.45, 7) is 6.40. The van der Waals surface area contributed by atoms with Gasteiger partial charge in [0.2, 0.25) is 0 Å². The molecule has 0 bridgehead atoms. The SMILES string of the molecule is CCOC(=O)c1nc(NCC2CCN(C)C2)sc1C(C)=O. The molecule has 1 aromatic rings. The second-order valence-electron chi connectivity index (χ2n) is 5.27. The molecule has 1 aromatic heterocycles. The van der Waals surface area contributed by atoms with Crippen molar-refractivity contribution in [1.29, 1.82) is 0 Å². The lowest BCUT2D eigenvalue weighted by Gasteiger charge is -2.10. The molecule has 0 amide bonds. The number of esters is 1. The number of ketones is 1. The first-order chi connectivity index (χ1) is 10.0. The van der Waals surface area contributed by atoms with Gasteiger partial charge in [0, 0.05) is 20.0 Å². The van der Waals surface area contributed by atoms with Crippen LogP contribution in [0.2, 0.25) is 0 Å². The predicted octanol–water partition coefficient (Wildman–Crippen LogP) is 1.89. The van der Waals surface area contributed by atoms with Crippen LogP contribution in [0.25, 0.3) is 0 Å². The molecule has 1 aliphatic rings. The summed E-state index contributed by atoms with van der Waals surface area (Å²) in [7, 11) is 2.11. The molecule has 1 saturated heterocycles. The van der Waals surface area contributed by atoms with E-state index in [1.165, 1.54) is 18.3 Å². The number of hydrogen-bond donors (Lipinski definition) is 1. The molecule has 1 unspecified atom stereocenters. The van der Waals surface area contributed by atoms with Gasteiger partial charge in [-0.15, -0.1) is 0 Å². The number of nitrogens with one attached hydrogen (secondary N) is 1. The summed E-state index contributed by atoms with van der Waals surface area (Å²) >= 11 is 1.22. The van der Waals surface area contributed by atoms with Crippen LogP contribution in [0.1, 0.15) is 40.4 Å². The van der Waals surface area contributed by atoms with Gasteiger partial charge in [-0.1, -0.05) is 11.3 Å². The Morgan fingerprint density at radius 3 is 2.86 bits per heavy atom. The number of carbonyl (C=O) groups is 2. The first kappa shape index (κ1) is 15.9. The minimum atomic E-state index is -0.535. The molecule has 2 heterocycles. The summed E-state index contributed by atoms with van der Waals surface area (Å²) in [5, 5.41) is 3.85. The molecule has 1 aliphatic heterocycles. The smallest absolute Gasteiger partial charge is 0.358 e. The van der Waals surface area contributed by atoms with Crippen LogP contribution in [0.15, 0.2) is 0 Å². The van der Waals surface area contributed by atoms with Crippen LogP contribution in [-0.2, 0) is 4.74 Å². The van der Waals surface area contributed by atoms with Crippen molar-refractivity contribution < 1.29 is 14.3 Å². The average molecular weight is 311 g/mol. The minimum Gasteiger partial charge on any atom is -0.461 e. The first-order valence-electron chi connectivity index (χ1n) is 7.12. The van der Waals surface area contributed by atoms with Gasteiger partial charge >= 0.3 is 5.97 Å². The Morgan fingerprint density at radius 2 is 2.29 bits per heavy atom. The zero-order valence-electron chi connectivity index (χ0n) is 12.6. The largest absolute Gasteiger partial charge is 0.461 e. The molecule has 2 rings (SSSR count). The van der Waals surface area contributed by atoms with E-state index in [1.54, 1.807) is 6.92 Å². The van der Waals surface area contributed by atoms with Gasteiger partial charge in [0.1, 0.15) is 4.88 Å². The van der Waals surface area contributed by atoms with Crippen LogP contribution in [-0.4, -0.2) is 54.9 Å². The summed E-state index contributed by atoms with van der Waals surface area (Å²) in [5.41, 5.74) is 0.125. The number of likely N-dealkylation sites (tertiary alicyclic amines) is 1. The zero-order valence-corrected chi connectivity index (χ0v) is 13.5. The van der Waals surface area contributed by atoms with Gasteiger partial charge in [0.15, 0.2) is 16.6 Å². The number of hydrogen-bond acceptors (Lipinski definition) is 7. The molecule has 0 aliphatic carbocycles. The van der Waals surface area contributed by atoms with Crippen molar-refractivity contribution in [1.82, 2.24) is 9.88 Å². The highest BCUT2D eigenvalue weighted by atomic mass is 32.1. The third kappa shape index (κ3) is 4.01. The number of nitrogens with zero attached hydrogens (tertiary/aromatic N) is 2. The van der Waals surface area contributed by atoms with Crippen molar-refractivity contribution in [3.63, 3.8) is 0 Å². The monoisotopic (exact) mass is 311 g/mol. The number of carbonyl (C=O) groups excluding carboxylic acids is 2. The van der Waals surface area contributed by atoms with Gasteiger partial charge in [-0.3, -0.25) is 4.79 Å². The minimum absolute atomic E-state index is 0.125. The van der Waals surface area contributed by atoms with Gasteiger partial charge in [-0.2, -0.15) is 0 Å². The molecule has 7 heteroatoms. The van der Waals surface area contributed by atoms with Crippen LogP contribution in [0.3, 0.4) is 0 Å². The Balaban J connectivity index is 2.04. The third-order valence-electron chi connectivity index (χ3n) is 3.45. The van der Waals surface area contributed by atoms with Crippen LogP contribution in [0, 0.1) is 5.92 Å². The molecule has 21 heavy (non-hydrogen) atoms. The summed E-state index contributed by atoms with van der Waals surface area (Å²) in [6, 6.07) is 0. The van der Waals surface area contributed by atoms with Crippen LogP contribution in [0.5, 0.6) is 0 Å². The van der Waals surface area contributed by atoms with E-state index in [0.29, 0.717) is 15.9 Å². The number of aromatic nitrogens is 1. The Labute approximate surface area is 128 Å². The second kappa shape index (κ2) is 7.00. The molecular weight excluding hydrogens is 290 g/mol. The Morgan fingerprint density at radius 1 is 1.52 bits per heavy atom. The summed E-state index contributed by atoms with van der Waals surface area (Å²) in [4.78, 5) is 30.3. The molecule has 0 spiro atoms. The lowest BCUT2D eigenvalue weighted by atomic mass is 10.1. The molecule has 6 nitrogen and oxygen atoms in total. The number of ether oxygens (including phenoxy) is 1. The maximum absolute atomic E-state index is 11.8. The molecule has 1 fully saturated rings. The molecule has 1 atom stereocenters. The van der Waals surface area contributed by atoms with Gasteiger partial charge in [-0.25, -0.2) is 9.78 Å². The third-order valence-corrected chi connectivity index (χ3v) is 4.56. The van der Waals surface area contributed by atoms with Gasteiger partial charge < -0.3 is 15.0 Å². The molecular formula is C14H21N3O3S. The normalized spacial score (nSPS) is 18.7. The molecule has 116 valence electrons. The van der Waals surface area contributed by atoms with E-state index in [2.05, 4.69) is 22.2 Å². The highest BCUT2D eigenvalue weighted by molar-refractivity contribution is 7.17. The molecule has 0 saturated carbocycles. The standard InChI is InChI=1S/C14H21N3O3S/c1-4-20-13(19)11-12(9(2)18)21-14(16-11)15-7-10-5-6-17(3)8-10/h10H,4-8H2,1-3H3,(H,15,16). The fourth-order valence-electron chi connectivity index (χ4n) is 2.40. The topological polar surface area (TPSA) is 71.5 Å². The first-order valence-corrected chi connectivity index (χ1v) is 7.94. The highest BCUT2D eigenvalue weighted by Crippen LogP contribution is 2.25. The quantitative estimate of drug-likeness (QED) is 0.639. The van der Waals surface area contributed by atoms with E-state index in [-0.39, 0.29) is 18.1 Å². The van der Waals surface area contributed by atoms with Crippen molar-refractivity contribution in [2.45, 2.75) is 20.3 Å². The summed E-state index contributed by atoms with van der Waals surface area (Å²) in [5.74, 6) is -0.123. The summed E-state index contributed by atoms with van der Waals surface area (Å²) < 4.78 is 4.94. The van der Waals surface area contributed by atoms with E-state index in [1.807, 2.05) is 0 Å². The van der Waals surface area contributed by atoms with E-state index in [4.69, 9.17) is 4.74 Å². The van der Waals surface area contributed by atoms with Crippen LogP contribution in [0.4, 0.5) is 5.13 Å². The lowest BCUT2D eigenvalue weighted by Crippen LogP contribution is -2.19. The average Bonchev–Trinajstić information content (AvgIpc) is 3.03. The van der Waals surface area contributed by atoms with Crippen molar-refractivity contribution in [2.75, 3.05) is 38.6 Å². The number of rotatable bonds is 6. The van der Waals surface area contributed by atoms with Gasteiger partial charge in [0.05, 0.1) is 6.61 Å². The number of Topliss-reactive ketones (excluding diaryl/α,β-unsaturated/α-hetero) is 1. The highest BCUT2D eigenvalue weighted by Gasteiger charge is 2.23. The molecule has 0 aromatic carbocycles. The van der Waals surface area contributed by atoms with Gasteiger partial charge in [-0.05, 0) is 32.9 Å². The van der Waals surface area contributed by atoms with E-state index >= 15 is 0 Å². The fourth-order valence-corrected chi connectivity index (χ4v) is 3.25. The van der Waals surface area contributed by atoms with Crippen molar-refractivity contribution >= 4 is 28.2 Å². The fraction of sp³-hybridized carbons (Fsp3) is 0.643. The summed E-state index contributed by atoms with van der Waals surface area (Å²) in [6.07, 6.45) is 1.15. The van der Waals surface area contributed by atoms with Crippen molar-refractivity contribution in [2.24, 2.45) is 5.92 Å². The van der Waals surface area contributed by atoms with Crippen molar-refractivity contribution in [3.05, 3.63) is 10.6 Å². The maximum Gasteiger partial charge on any atom is 0.358 e. The maximum atomic E-state index is 11.8. The van der Waals surface area contributed by atoms with E-state index < -0.39 is 5.97 Å².